The van der Waals surface area contributed by atoms with Gasteiger partial charge in [0, 0.05) is 0 Å². The first-order valence-electron chi connectivity index (χ1n) is 5.75. The lowest BCUT2D eigenvalue weighted by molar-refractivity contribution is -0.167. The lowest BCUT2D eigenvalue weighted by atomic mass is 9.73. The molecule has 100 valence electrons. The Morgan fingerprint density at radius 3 is 2.11 bits per heavy atom. The second-order valence-corrected chi connectivity index (χ2v) is 3.82. The zero-order chi connectivity index (χ0) is 14.2. The molecule has 0 aliphatic carbocycles. The van der Waals surface area contributed by atoms with Crippen LogP contribution in [0.3, 0.4) is 0 Å². The minimum Gasteiger partial charge on any atom is -0.468 e. The summed E-state index contributed by atoms with van der Waals surface area (Å²) in [6.07, 6.45) is 4.01. The number of methoxy groups -OCH3 is 2. The number of carbonyl (C=O) groups is 2. The van der Waals surface area contributed by atoms with Gasteiger partial charge in [0.2, 0.25) is 0 Å². The van der Waals surface area contributed by atoms with Gasteiger partial charge in [-0.2, -0.15) is 5.26 Å². The van der Waals surface area contributed by atoms with E-state index in [1.165, 1.54) is 20.3 Å². The van der Waals surface area contributed by atoms with Gasteiger partial charge in [-0.15, -0.1) is 0 Å². The van der Waals surface area contributed by atoms with Crippen molar-refractivity contribution < 1.29 is 19.1 Å². The van der Waals surface area contributed by atoms with Crippen molar-refractivity contribution in [2.45, 2.75) is 26.7 Å². The molecular weight excluding hydrogens is 234 g/mol. The van der Waals surface area contributed by atoms with Gasteiger partial charge in [0.1, 0.15) is 0 Å². The van der Waals surface area contributed by atoms with E-state index in [-0.39, 0.29) is 0 Å². The Morgan fingerprint density at radius 1 is 1.33 bits per heavy atom. The highest BCUT2D eigenvalue weighted by molar-refractivity contribution is 6.03. The smallest absolute Gasteiger partial charge is 0.328 e. The van der Waals surface area contributed by atoms with E-state index in [1.807, 2.05) is 13.0 Å². The molecule has 0 bridgehead atoms. The molecule has 0 heterocycles. The molecule has 1 atom stereocenters. The third-order valence-corrected chi connectivity index (χ3v) is 2.76. The number of hydrogen-bond acceptors (Lipinski definition) is 5. The average molecular weight is 253 g/mol. The SMILES string of the molecule is C/C=C/C(C(=O)OC)(C(=O)OC)C(C#N)CCC. The van der Waals surface area contributed by atoms with Gasteiger partial charge < -0.3 is 9.47 Å². The minimum atomic E-state index is -1.68. The Hall–Kier alpha value is -1.83. The predicted molar refractivity (Wildman–Crippen MR) is 65.3 cm³/mol. The topological polar surface area (TPSA) is 76.4 Å². The maximum Gasteiger partial charge on any atom is 0.328 e. The van der Waals surface area contributed by atoms with Crippen molar-refractivity contribution in [3.8, 4) is 6.07 Å². The standard InChI is InChI=1S/C13H19NO4/c1-5-7-10(9-14)13(8-6-2,11(15)17-3)12(16)18-4/h6,8,10H,5,7H2,1-4H3/b8-6+. The normalized spacial score (nSPS) is 12.8. The molecule has 0 saturated heterocycles. The summed E-state index contributed by atoms with van der Waals surface area (Å²) in [5, 5.41) is 9.21. The summed E-state index contributed by atoms with van der Waals surface area (Å²) in [5.74, 6) is -2.35. The summed E-state index contributed by atoms with van der Waals surface area (Å²) >= 11 is 0. The van der Waals surface area contributed by atoms with Crippen LogP contribution in [0.25, 0.3) is 0 Å². The van der Waals surface area contributed by atoms with E-state index in [1.54, 1.807) is 13.0 Å². The number of nitriles is 1. The number of nitrogens with zero attached hydrogens (tertiary/aromatic N) is 1. The molecule has 0 aliphatic heterocycles. The number of esters is 2. The first-order valence-corrected chi connectivity index (χ1v) is 5.75. The number of carbonyl (C=O) groups excluding carboxylic acids is 2. The summed E-state index contributed by atoms with van der Waals surface area (Å²) in [5.41, 5.74) is -1.68. The Kier molecular flexibility index (Phi) is 6.73. The Morgan fingerprint density at radius 2 is 1.83 bits per heavy atom. The quantitative estimate of drug-likeness (QED) is 0.410. The molecule has 0 spiro atoms. The van der Waals surface area contributed by atoms with Crippen LogP contribution in [-0.4, -0.2) is 26.2 Å². The number of allylic oxidation sites excluding steroid dienone is 1. The minimum absolute atomic E-state index is 0.408. The monoisotopic (exact) mass is 253 g/mol. The van der Waals surface area contributed by atoms with Crippen LogP contribution < -0.4 is 0 Å². The molecule has 0 saturated carbocycles. The van der Waals surface area contributed by atoms with E-state index < -0.39 is 23.3 Å². The fourth-order valence-corrected chi connectivity index (χ4v) is 1.90. The zero-order valence-electron chi connectivity index (χ0n) is 11.2. The van der Waals surface area contributed by atoms with E-state index in [2.05, 4.69) is 9.47 Å². The second-order valence-electron chi connectivity index (χ2n) is 3.82. The molecular formula is C13H19NO4. The lowest BCUT2D eigenvalue weighted by Gasteiger charge is -2.29. The third kappa shape index (κ3) is 2.89. The predicted octanol–water partition coefficient (Wildman–Crippen LogP) is 1.83. The Balaban J connectivity index is 5.82. The van der Waals surface area contributed by atoms with Crippen molar-refractivity contribution in [2.75, 3.05) is 14.2 Å². The summed E-state index contributed by atoms with van der Waals surface area (Å²) in [6, 6.07) is 2.01. The highest BCUT2D eigenvalue weighted by atomic mass is 16.5. The van der Waals surface area contributed by atoms with E-state index in [4.69, 9.17) is 0 Å². The molecule has 0 aromatic rings. The molecule has 0 aliphatic rings. The van der Waals surface area contributed by atoms with E-state index in [0.717, 1.165) is 0 Å². The molecule has 0 amide bonds. The Bertz CT molecular complexity index is 352. The van der Waals surface area contributed by atoms with Crippen molar-refractivity contribution in [3.63, 3.8) is 0 Å². The summed E-state index contributed by atoms with van der Waals surface area (Å²) < 4.78 is 9.36. The van der Waals surface area contributed by atoms with Crippen molar-refractivity contribution in [2.24, 2.45) is 11.3 Å². The molecule has 0 aromatic heterocycles. The fourth-order valence-electron chi connectivity index (χ4n) is 1.90. The maximum absolute atomic E-state index is 12.0. The van der Waals surface area contributed by atoms with Gasteiger partial charge in [0.15, 0.2) is 5.41 Å². The Labute approximate surface area is 107 Å². The summed E-state index contributed by atoms with van der Waals surface area (Å²) in [7, 11) is 2.37. The van der Waals surface area contributed by atoms with Gasteiger partial charge >= 0.3 is 11.9 Å². The summed E-state index contributed by atoms with van der Waals surface area (Å²) in [4.78, 5) is 23.9. The highest BCUT2D eigenvalue weighted by Crippen LogP contribution is 2.35. The molecule has 0 N–H and O–H groups in total. The first kappa shape index (κ1) is 16.2. The molecule has 0 fully saturated rings. The van der Waals surface area contributed by atoms with E-state index in [9.17, 15) is 14.9 Å². The van der Waals surface area contributed by atoms with Crippen molar-refractivity contribution in [1.29, 1.82) is 5.26 Å². The van der Waals surface area contributed by atoms with Gasteiger partial charge in [0.25, 0.3) is 0 Å². The van der Waals surface area contributed by atoms with Crippen LogP contribution in [0.15, 0.2) is 12.2 Å². The number of ether oxygens (including phenoxy) is 2. The van der Waals surface area contributed by atoms with Crippen LogP contribution in [0.1, 0.15) is 26.7 Å². The molecule has 1 unspecified atom stereocenters. The maximum atomic E-state index is 12.0. The highest BCUT2D eigenvalue weighted by Gasteiger charge is 2.52. The van der Waals surface area contributed by atoms with Crippen LogP contribution >= 0.6 is 0 Å². The lowest BCUT2D eigenvalue weighted by Crippen LogP contribution is -2.45. The molecule has 0 aromatic carbocycles. The zero-order valence-corrected chi connectivity index (χ0v) is 11.2. The van der Waals surface area contributed by atoms with Crippen LogP contribution in [0.5, 0.6) is 0 Å². The van der Waals surface area contributed by atoms with E-state index >= 15 is 0 Å². The summed E-state index contributed by atoms with van der Waals surface area (Å²) in [6.45, 7) is 3.54. The van der Waals surface area contributed by atoms with Gasteiger partial charge in [-0.25, -0.2) is 0 Å². The van der Waals surface area contributed by atoms with E-state index in [0.29, 0.717) is 12.8 Å². The number of rotatable bonds is 6. The van der Waals surface area contributed by atoms with Gasteiger partial charge in [0.05, 0.1) is 26.2 Å². The molecule has 0 rings (SSSR count). The molecule has 0 radical (unpaired) electrons. The molecule has 18 heavy (non-hydrogen) atoms. The van der Waals surface area contributed by atoms with Crippen molar-refractivity contribution in [1.82, 2.24) is 0 Å². The van der Waals surface area contributed by atoms with Crippen LogP contribution in [-0.2, 0) is 19.1 Å². The third-order valence-electron chi connectivity index (χ3n) is 2.76. The molecule has 5 nitrogen and oxygen atoms in total. The average Bonchev–Trinajstić information content (AvgIpc) is 2.40. The first-order chi connectivity index (χ1) is 8.54. The number of hydrogen-bond donors (Lipinski definition) is 0. The van der Waals surface area contributed by atoms with Crippen LogP contribution in [0.4, 0.5) is 0 Å². The van der Waals surface area contributed by atoms with Crippen LogP contribution in [0.2, 0.25) is 0 Å². The van der Waals surface area contributed by atoms with Gasteiger partial charge in [-0.05, 0) is 13.3 Å². The van der Waals surface area contributed by atoms with Crippen molar-refractivity contribution in [3.05, 3.63) is 12.2 Å². The largest absolute Gasteiger partial charge is 0.468 e. The van der Waals surface area contributed by atoms with Gasteiger partial charge in [-0.3, -0.25) is 9.59 Å². The second kappa shape index (κ2) is 7.49. The fraction of sp³-hybridized carbons (Fsp3) is 0.615. The molecule has 5 heteroatoms. The van der Waals surface area contributed by atoms with Crippen molar-refractivity contribution >= 4 is 11.9 Å². The van der Waals surface area contributed by atoms with Gasteiger partial charge in [-0.1, -0.05) is 25.5 Å². The van der Waals surface area contributed by atoms with Crippen LogP contribution in [0, 0.1) is 22.7 Å².